The molecule has 3 aromatic heterocycles. The van der Waals surface area contributed by atoms with Crippen LogP contribution in [0.3, 0.4) is 0 Å². The third kappa shape index (κ3) is 5.53. The van der Waals surface area contributed by atoms with Crippen LogP contribution < -0.4 is 10.6 Å². The van der Waals surface area contributed by atoms with Crippen LogP contribution in [-0.2, 0) is 11.2 Å². The van der Waals surface area contributed by atoms with Crippen molar-refractivity contribution >= 4 is 61.5 Å². The number of benzene rings is 3. The number of nitrogens with zero attached hydrogens (tertiary/aromatic N) is 4. The fraction of sp³-hybridized carbons (Fsp3) is 0.0690. The number of aliphatic carboxylic acids is 1. The lowest BCUT2D eigenvalue weighted by Gasteiger charge is -2.15. The van der Waals surface area contributed by atoms with E-state index in [0.29, 0.717) is 22.1 Å². The number of hydrogen-bond acceptors (Lipinski definition) is 8. The molecule has 10 nitrogen and oxygen atoms in total. The molecule has 3 aromatic carbocycles. The van der Waals surface area contributed by atoms with Gasteiger partial charge in [-0.1, -0.05) is 35.1 Å². The minimum absolute atomic E-state index is 0.0492. The number of halogens is 1. The Balaban J connectivity index is 1.21. The molecule has 0 saturated heterocycles. The molecule has 6 aromatic rings. The summed E-state index contributed by atoms with van der Waals surface area (Å²) in [5.41, 5.74) is 3.61. The fourth-order valence-corrected chi connectivity index (χ4v) is 5.53. The summed E-state index contributed by atoms with van der Waals surface area (Å²) in [6.45, 7) is 0. The van der Waals surface area contributed by atoms with Gasteiger partial charge in [-0.05, 0) is 72.3 Å². The minimum atomic E-state index is -1.18. The minimum Gasteiger partial charge on any atom is -0.508 e. The summed E-state index contributed by atoms with van der Waals surface area (Å²) in [5, 5.41) is 35.0. The van der Waals surface area contributed by atoms with E-state index in [0.717, 1.165) is 26.6 Å². The lowest BCUT2D eigenvalue weighted by Crippen LogP contribution is -2.42. The van der Waals surface area contributed by atoms with Gasteiger partial charge in [-0.25, -0.2) is 9.78 Å². The van der Waals surface area contributed by atoms with Crippen LogP contribution in [0.4, 0.5) is 10.8 Å². The second kappa shape index (κ2) is 10.9. The number of hydrogen-bond donors (Lipinski definition) is 4. The first-order valence-corrected chi connectivity index (χ1v) is 13.6. The molecular weight excluding hydrogens is 564 g/mol. The van der Waals surface area contributed by atoms with E-state index in [4.69, 9.17) is 11.6 Å². The molecule has 0 aliphatic carbocycles. The predicted octanol–water partition coefficient (Wildman–Crippen LogP) is 5.53. The zero-order valence-corrected chi connectivity index (χ0v) is 22.7. The molecule has 41 heavy (non-hydrogen) atoms. The van der Waals surface area contributed by atoms with Crippen molar-refractivity contribution in [3.63, 3.8) is 0 Å². The molecule has 0 spiro atoms. The van der Waals surface area contributed by atoms with Crippen LogP contribution in [0.1, 0.15) is 15.9 Å². The van der Waals surface area contributed by atoms with Crippen molar-refractivity contribution in [3.05, 3.63) is 101 Å². The molecule has 6 rings (SSSR count). The Morgan fingerprint density at radius 3 is 2.54 bits per heavy atom. The van der Waals surface area contributed by atoms with Crippen LogP contribution in [0.5, 0.6) is 5.75 Å². The number of pyridine rings is 1. The summed E-state index contributed by atoms with van der Waals surface area (Å²) >= 11 is 7.59. The monoisotopic (exact) mass is 584 g/mol. The molecule has 0 aliphatic rings. The molecule has 3 heterocycles. The number of carbonyl (C=O) groups is 2. The first-order valence-electron chi connectivity index (χ1n) is 12.4. The number of phenolic OH excluding ortho intramolecular Hbond substituents is 1. The summed E-state index contributed by atoms with van der Waals surface area (Å²) < 4.78 is 2.67. The maximum Gasteiger partial charge on any atom is 0.326 e. The topological polar surface area (TPSA) is 142 Å². The molecule has 0 unspecified atom stereocenters. The normalized spacial score (nSPS) is 11.9. The second-order valence-corrected chi connectivity index (χ2v) is 10.7. The van der Waals surface area contributed by atoms with Gasteiger partial charge in [0.1, 0.15) is 11.8 Å². The van der Waals surface area contributed by atoms with Gasteiger partial charge in [0, 0.05) is 28.9 Å². The third-order valence-electron chi connectivity index (χ3n) is 6.40. The van der Waals surface area contributed by atoms with Gasteiger partial charge in [0.15, 0.2) is 16.6 Å². The molecule has 0 radical (unpaired) electrons. The van der Waals surface area contributed by atoms with Crippen molar-refractivity contribution in [2.24, 2.45) is 0 Å². The van der Waals surface area contributed by atoms with Gasteiger partial charge in [0.25, 0.3) is 5.91 Å². The summed E-state index contributed by atoms with van der Waals surface area (Å²) in [4.78, 5) is 29.6. The average molecular weight is 585 g/mol. The zero-order valence-electron chi connectivity index (χ0n) is 21.2. The highest BCUT2D eigenvalue weighted by atomic mass is 35.5. The number of thiazole rings is 1. The first-order chi connectivity index (χ1) is 19.8. The van der Waals surface area contributed by atoms with Gasteiger partial charge >= 0.3 is 5.97 Å². The number of amides is 1. The van der Waals surface area contributed by atoms with Crippen molar-refractivity contribution < 1.29 is 19.8 Å². The van der Waals surface area contributed by atoms with Crippen LogP contribution >= 0.6 is 22.9 Å². The van der Waals surface area contributed by atoms with E-state index in [1.807, 2.05) is 42.5 Å². The Morgan fingerprint density at radius 2 is 1.78 bits per heavy atom. The number of fused-ring (bicyclic) bond motifs is 2. The highest BCUT2D eigenvalue weighted by molar-refractivity contribution is 7.22. The summed E-state index contributed by atoms with van der Waals surface area (Å²) in [6.07, 6.45) is 1.79. The maximum atomic E-state index is 13.1. The van der Waals surface area contributed by atoms with Crippen LogP contribution in [0.25, 0.3) is 27.3 Å². The second-order valence-electron chi connectivity index (χ2n) is 9.21. The Morgan fingerprint density at radius 1 is 1.00 bits per heavy atom. The van der Waals surface area contributed by atoms with Crippen molar-refractivity contribution in [3.8, 4) is 17.1 Å². The number of anilines is 2. The molecule has 0 bridgehead atoms. The highest BCUT2D eigenvalue weighted by Crippen LogP contribution is 2.31. The van der Waals surface area contributed by atoms with E-state index < -0.39 is 17.9 Å². The van der Waals surface area contributed by atoms with Gasteiger partial charge in [-0.15, -0.1) is 10.2 Å². The molecule has 204 valence electrons. The van der Waals surface area contributed by atoms with E-state index in [1.54, 1.807) is 34.9 Å². The number of rotatable bonds is 8. The van der Waals surface area contributed by atoms with Gasteiger partial charge in [-0.3, -0.25) is 9.20 Å². The van der Waals surface area contributed by atoms with Crippen molar-refractivity contribution in [2.45, 2.75) is 12.5 Å². The lowest BCUT2D eigenvalue weighted by atomic mass is 10.1. The summed E-state index contributed by atoms with van der Waals surface area (Å²) in [7, 11) is 0. The smallest absolute Gasteiger partial charge is 0.326 e. The van der Waals surface area contributed by atoms with Crippen molar-refractivity contribution in [1.29, 1.82) is 0 Å². The van der Waals surface area contributed by atoms with Crippen LogP contribution in [0.2, 0.25) is 5.02 Å². The Kier molecular flexibility index (Phi) is 6.96. The molecule has 1 amide bonds. The standard InChI is InChI=1S/C29H21ClN6O4S/c30-18-7-12-22-24(15-18)41-29(33-22)31-19-8-5-17(6-9-19)25-34-35-26-21(2-1-13-36(25)26)27(38)32-23(28(39)40)14-16-3-10-20(37)11-4-16/h1-13,15,23,37H,14H2,(H,31,33)(H,32,38)(H,39,40)/t23-/m1/s1. The molecule has 4 N–H and O–H groups in total. The van der Waals surface area contributed by atoms with E-state index in [2.05, 4.69) is 25.8 Å². The van der Waals surface area contributed by atoms with Crippen molar-refractivity contribution in [1.82, 2.24) is 24.9 Å². The van der Waals surface area contributed by atoms with E-state index >= 15 is 0 Å². The molecule has 1 atom stereocenters. The summed E-state index contributed by atoms with van der Waals surface area (Å²) in [5.74, 6) is -1.17. The molecule has 12 heteroatoms. The number of phenols is 1. The number of aromatic hydroxyl groups is 1. The van der Waals surface area contributed by atoms with Crippen LogP contribution in [0.15, 0.2) is 85.1 Å². The van der Waals surface area contributed by atoms with Crippen LogP contribution in [-0.4, -0.2) is 47.7 Å². The lowest BCUT2D eigenvalue weighted by molar-refractivity contribution is -0.139. The van der Waals surface area contributed by atoms with Gasteiger partial charge in [-0.2, -0.15) is 0 Å². The third-order valence-corrected chi connectivity index (χ3v) is 7.57. The first kappa shape index (κ1) is 26.2. The van der Waals surface area contributed by atoms with Gasteiger partial charge in [0.2, 0.25) is 0 Å². The summed E-state index contributed by atoms with van der Waals surface area (Å²) in [6, 6.07) is 21.4. The number of carboxylic acids is 1. The van der Waals surface area contributed by atoms with Gasteiger partial charge in [0.05, 0.1) is 15.8 Å². The quantitative estimate of drug-likeness (QED) is 0.183. The largest absolute Gasteiger partial charge is 0.508 e. The van der Waals surface area contributed by atoms with E-state index in [-0.39, 0.29) is 17.7 Å². The highest BCUT2D eigenvalue weighted by Gasteiger charge is 2.23. The number of aromatic nitrogens is 4. The Labute approximate surface area is 241 Å². The van der Waals surface area contributed by atoms with E-state index in [9.17, 15) is 19.8 Å². The Hall–Kier alpha value is -5.00. The number of nitrogens with one attached hydrogen (secondary N) is 2. The van der Waals surface area contributed by atoms with E-state index in [1.165, 1.54) is 23.5 Å². The maximum absolute atomic E-state index is 13.1. The van der Waals surface area contributed by atoms with Gasteiger partial charge < -0.3 is 20.8 Å². The molecular formula is C29H21ClN6O4S. The van der Waals surface area contributed by atoms with Crippen LogP contribution in [0, 0.1) is 0 Å². The SMILES string of the molecule is O=C(N[C@H](Cc1ccc(O)cc1)C(=O)O)c1cccn2c(-c3ccc(Nc4nc5ccc(Cl)cc5s4)cc3)nnc12. The molecule has 0 fully saturated rings. The van der Waals surface area contributed by atoms with Crippen molar-refractivity contribution in [2.75, 3.05) is 5.32 Å². The molecule has 0 saturated carbocycles. The number of carbonyl (C=O) groups excluding carboxylic acids is 1. The zero-order chi connectivity index (χ0) is 28.5. The predicted molar refractivity (Wildman–Crippen MR) is 157 cm³/mol. The number of carboxylic acid groups (broad SMARTS) is 1. The fourth-order valence-electron chi connectivity index (χ4n) is 4.37. The Bertz CT molecular complexity index is 1900. The molecule has 0 aliphatic heterocycles. The average Bonchev–Trinajstić information content (AvgIpc) is 3.57.